The summed E-state index contributed by atoms with van der Waals surface area (Å²) in [5, 5.41) is 4.29. The van der Waals surface area contributed by atoms with Gasteiger partial charge in [-0.2, -0.15) is 0 Å². The van der Waals surface area contributed by atoms with Crippen LogP contribution in [0.3, 0.4) is 0 Å². The molecule has 4 heterocycles. The summed E-state index contributed by atoms with van der Waals surface area (Å²) in [5.41, 5.74) is 2.26. The minimum Gasteiger partial charge on any atom is -0.463 e. The van der Waals surface area contributed by atoms with E-state index in [2.05, 4.69) is 33.9 Å². The van der Waals surface area contributed by atoms with E-state index in [4.69, 9.17) is 9.15 Å². The lowest BCUT2D eigenvalue weighted by molar-refractivity contribution is 0.0561. The Hall–Kier alpha value is -1.89. The van der Waals surface area contributed by atoms with Gasteiger partial charge >= 0.3 is 5.97 Å². The zero-order valence-electron chi connectivity index (χ0n) is 13.2. The van der Waals surface area contributed by atoms with E-state index in [-0.39, 0.29) is 6.04 Å². The number of carbonyl (C=O) groups excluding carboxylic acids is 1. The van der Waals surface area contributed by atoms with E-state index >= 15 is 0 Å². The molecule has 0 bridgehead atoms. The van der Waals surface area contributed by atoms with Gasteiger partial charge in [-0.3, -0.25) is 4.90 Å². The monoisotopic (exact) mass is 359 g/mol. The van der Waals surface area contributed by atoms with Crippen molar-refractivity contribution in [2.75, 3.05) is 13.7 Å². The lowest BCUT2D eigenvalue weighted by Gasteiger charge is -2.35. The molecule has 0 amide bonds. The van der Waals surface area contributed by atoms with E-state index in [0.29, 0.717) is 12.3 Å². The number of ether oxygens (including phenoxy) is 1. The first-order chi connectivity index (χ1) is 11.8. The second-order valence-corrected chi connectivity index (χ2v) is 7.68. The molecule has 1 aliphatic rings. The zero-order valence-corrected chi connectivity index (χ0v) is 14.9. The molecule has 124 valence electrons. The fourth-order valence-corrected chi connectivity index (χ4v) is 5.05. The summed E-state index contributed by atoms with van der Waals surface area (Å²) in [6.45, 7) is 1.63. The van der Waals surface area contributed by atoms with Gasteiger partial charge in [-0.05, 0) is 40.9 Å². The Kier molecular flexibility index (Phi) is 4.26. The maximum Gasteiger partial charge on any atom is 0.374 e. The van der Waals surface area contributed by atoms with Gasteiger partial charge in [-0.15, -0.1) is 22.7 Å². The molecule has 1 unspecified atom stereocenters. The van der Waals surface area contributed by atoms with Crippen LogP contribution in [0.5, 0.6) is 0 Å². The van der Waals surface area contributed by atoms with Crippen molar-refractivity contribution in [3.63, 3.8) is 0 Å². The van der Waals surface area contributed by atoms with Gasteiger partial charge < -0.3 is 9.15 Å². The van der Waals surface area contributed by atoms with Gasteiger partial charge in [0.15, 0.2) is 0 Å². The lowest BCUT2D eigenvalue weighted by Crippen LogP contribution is -2.34. The van der Waals surface area contributed by atoms with Crippen LogP contribution in [0.4, 0.5) is 0 Å². The number of rotatable bonds is 4. The molecule has 0 aromatic carbocycles. The van der Waals surface area contributed by atoms with Gasteiger partial charge in [-0.25, -0.2) is 4.79 Å². The molecule has 1 aliphatic heterocycles. The van der Waals surface area contributed by atoms with Crippen molar-refractivity contribution >= 4 is 28.6 Å². The average Bonchev–Trinajstić information content (AvgIpc) is 3.35. The molecule has 0 saturated carbocycles. The molecule has 3 aromatic rings. The van der Waals surface area contributed by atoms with E-state index in [1.54, 1.807) is 17.6 Å². The van der Waals surface area contributed by atoms with Crippen molar-refractivity contribution < 1.29 is 13.9 Å². The summed E-state index contributed by atoms with van der Waals surface area (Å²) in [4.78, 5) is 17.1. The highest BCUT2D eigenvalue weighted by molar-refractivity contribution is 7.10. The number of furan rings is 1. The van der Waals surface area contributed by atoms with Crippen LogP contribution in [0, 0.1) is 0 Å². The Labute approximate surface area is 148 Å². The van der Waals surface area contributed by atoms with Gasteiger partial charge in [0, 0.05) is 28.4 Å². The molecule has 4 rings (SSSR count). The topological polar surface area (TPSA) is 42.7 Å². The number of esters is 1. The number of hydrogen-bond acceptors (Lipinski definition) is 6. The highest BCUT2D eigenvalue weighted by Gasteiger charge is 2.31. The maximum atomic E-state index is 11.9. The highest BCUT2D eigenvalue weighted by Crippen LogP contribution is 2.40. The van der Waals surface area contributed by atoms with Crippen LogP contribution in [-0.4, -0.2) is 24.5 Å². The largest absolute Gasteiger partial charge is 0.463 e. The molecule has 0 N–H and O–H groups in total. The Bertz CT molecular complexity index is 834. The predicted octanol–water partition coefficient (Wildman–Crippen LogP) is 4.34. The standard InChI is InChI=1S/C18H17NO3S2/c1-21-18(20)17-12(5-8-22-17)11-19-7-4-14-13(6-10-24-14)16(19)15-3-2-9-23-15/h2-3,5-6,8-10,16H,4,7,11H2,1H3. The van der Waals surface area contributed by atoms with Crippen LogP contribution in [0.2, 0.25) is 0 Å². The van der Waals surface area contributed by atoms with E-state index in [1.807, 2.05) is 17.4 Å². The van der Waals surface area contributed by atoms with Gasteiger partial charge in [-0.1, -0.05) is 6.07 Å². The summed E-state index contributed by atoms with van der Waals surface area (Å²) in [7, 11) is 1.38. The number of methoxy groups -OCH3 is 1. The van der Waals surface area contributed by atoms with Crippen LogP contribution in [-0.2, 0) is 17.7 Å². The van der Waals surface area contributed by atoms with E-state index in [9.17, 15) is 4.79 Å². The number of carbonyl (C=O) groups is 1. The summed E-state index contributed by atoms with van der Waals surface area (Å²) in [5.74, 6) is -0.116. The molecule has 3 aromatic heterocycles. The minimum atomic E-state index is -0.420. The SMILES string of the molecule is COC(=O)c1occc1CN1CCc2sccc2C1c1cccs1. The molecule has 1 atom stereocenters. The second-order valence-electron chi connectivity index (χ2n) is 5.70. The van der Waals surface area contributed by atoms with Crippen molar-refractivity contribution in [1.82, 2.24) is 4.90 Å². The number of thiophene rings is 2. The number of hydrogen-bond donors (Lipinski definition) is 0. The average molecular weight is 359 g/mol. The van der Waals surface area contributed by atoms with Gasteiger partial charge in [0.1, 0.15) is 0 Å². The van der Waals surface area contributed by atoms with Crippen molar-refractivity contribution in [3.05, 3.63) is 67.9 Å². The molecule has 6 heteroatoms. The molecule has 0 radical (unpaired) electrons. The second kappa shape index (κ2) is 6.55. The van der Waals surface area contributed by atoms with Gasteiger partial charge in [0.2, 0.25) is 5.76 Å². The van der Waals surface area contributed by atoms with Crippen molar-refractivity contribution in [2.24, 2.45) is 0 Å². The molecule has 0 fully saturated rings. The number of fused-ring (bicyclic) bond motifs is 1. The molecule has 24 heavy (non-hydrogen) atoms. The quantitative estimate of drug-likeness (QED) is 0.650. The van der Waals surface area contributed by atoms with Gasteiger partial charge in [0.05, 0.1) is 19.4 Å². The molecule has 0 saturated heterocycles. The van der Waals surface area contributed by atoms with Crippen LogP contribution >= 0.6 is 22.7 Å². The van der Waals surface area contributed by atoms with Crippen LogP contribution < -0.4 is 0 Å². The van der Waals surface area contributed by atoms with Crippen LogP contribution in [0.1, 0.15) is 37.5 Å². The summed E-state index contributed by atoms with van der Waals surface area (Å²) in [6.07, 6.45) is 2.60. The maximum absolute atomic E-state index is 11.9. The van der Waals surface area contributed by atoms with Crippen LogP contribution in [0.15, 0.2) is 45.7 Å². The molecule has 4 nitrogen and oxygen atoms in total. The Morgan fingerprint density at radius 1 is 1.33 bits per heavy atom. The summed E-state index contributed by atoms with van der Waals surface area (Å²) < 4.78 is 10.2. The smallest absolute Gasteiger partial charge is 0.374 e. The van der Waals surface area contributed by atoms with Gasteiger partial charge in [0.25, 0.3) is 0 Å². The fourth-order valence-electron chi connectivity index (χ4n) is 3.27. The third kappa shape index (κ3) is 2.70. The first kappa shape index (κ1) is 15.6. The lowest BCUT2D eigenvalue weighted by atomic mass is 9.98. The Morgan fingerprint density at radius 2 is 2.25 bits per heavy atom. The summed E-state index contributed by atoms with van der Waals surface area (Å²) in [6, 6.07) is 8.61. The fraction of sp³-hybridized carbons (Fsp3) is 0.278. The third-order valence-electron chi connectivity index (χ3n) is 4.37. The molecule has 0 spiro atoms. The van der Waals surface area contributed by atoms with E-state index in [0.717, 1.165) is 18.5 Å². The van der Waals surface area contributed by atoms with Crippen molar-refractivity contribution in [3.8, 4) is 0 Å². The first-order valence-corrected chi connectivity index (χ1v) is 9.52. The Morgan fingerprint density at radius 3 is 3.04 bits per heavy atom. The van der Waals surface area contributed by atoms with Crippen LogP contribution in [0.25, 0.3) is 0 Å². The Balaban J connectivity index is 1.68. The zero-order chi connectivity index (χ0) is 16.5. The predicted molar refractivity (Wildman–Crippen MR) is 94.6 cm³/mol. The first-order valence-electron chi connectivity index (χ1n) is 7.76. The van der Waals surface area contributed by atoms with E-state index < -0.39 is 5.97 Å². The molecular formula is C18H17NO3S2. The summed E-state index contributed by atoms with van der Waals surface area (Å²) >= 11 is 3.61. The molecular weight excluding hydrogens is 342 g/mol. The van der Waals surface area contributed by atoms with E-state index in [1.165, 1.54) is 22.4 Å². The highest BCUT2D eigenvalue weighted by atomic mass is 32.1. The third-order valence-corrected chi connectivity index (χ3v) is 6.29. The normalized spacial score (nSPS) is 17.6. The molecule has 0 aliphatic carbocycles. The number of nitrogens with zero attached hydrogens (tertiary/aromatic N) is 1. The van der Waals surface area contributed by atoms with Crippen molar-refractivity contribution in [2.45, 2.75) is 19.0 Å². The minimum absolute atomic E-state index is 0.236. The van der Waals surface area contributed by atoms with Crippen molar-refractivity contribution in [1.29, 1.82) is 0 Å².